The Morgan fingerprint density at radius 1 is 1.48 bits per heavy atom. The van der Waals surface area contributed by atoms with Crippen LogP contribution >= 0.6 is 11.5 Å². The lowest BCUT2D eigenvalue weighted by atomic mass is 10.1. The van der Waals surface area contributed by atoms with Gasteiger partial charge in [0.25, 0.3) is 5.91 Å². The Balaban J connectivity index is 1.97. The van der Waals surface area contributed by atoms with E-state index in [-0.39, 0.29) is 5.91 Å². The second-order valence-electron chi connectivity index (χ2n) is 4.92. The third kappa shape index (κ3) is 2.25. The Labute approximate surface area is 127 Å². The van der Waals surface area contributed by atoms with E-state index in [1.54, 1.807) is 7.11 Å². The standard InChI is InChI=1S/C15H17N3O2S/c1-9-13(14(16-2)21-17-9)15(19)18-7-6-10-8-11(20-3)4-5-12(10)18/h4-5,8,16H,6-7H2,1-3H3. The third-order valence-electron chi connectivity index (χ3n) is 3.73. The second kappa shape index (κ2) is 5.37. The van der Waals surface area contributed by atoms with Crippen LogP contribution in [0.1, 0.15) is 21.6 Å². The van der Waals surface area contributed by atoms with Crippen LogP contribution in [0.5, 0.6) is 5.75 Å². The molecule has 1 amide bonds. The molecule has 0 fully saturated rings. The summed E-state index contributed by atoms with van der Waals surface area (Å²) in [7, 11) is 3.46. The maximum Gasteiger partial charge on any atom is 0.263 e. The highest BCUT2D eigenvalue weighted by atomic mass is 32.1. The molecule has 1 aromatic heterocycles. The van der Waals surface area contributed by atoms with Crippen molar-refractivity contribution in [3.63, 3.8) is 0 Å². The van der Waals surface area contributed by atoms with Gasteiger partial charge in [-0.1, -0.05) is 0 Å². The van der Waals surface area contributed by atoms with Gasteiger partial charge in [-0.3, -0.25) is 4.79 Å². The number of methoxy groups -OCH3 is 1. The van der Waals surface area contributed by atoms with Gasteiger partial charge in [-0.05, 0) is 48.6 Å². The topological polar surface area (TPSA) is 54.5 Å². The number of fused-ring (bicyclic) bond motifs is 1. The highest BCUT2D eigenvalue weighted by Crippen LogP contribution is 2.34. The average molecular weight is 303 g/mol. The highest BCUT2D eigenvalue weighted by Gasteiger charge is 2.29. The average Bonchev–Trinajstić information content (AvgIpc) is 3.09. The van der Waals surface area contributed by atoms with Crippen molar-refractivity contribution in [2.45, 2.75) is 13.3 Å². The van der Waals surface area contributed by atoms with Gasteiger partial charge >= 0.3 is 0 Å². The molecule has 1 aliphatic rings. The van der Waals surface area contributed by atoms with Gasteiger partial charge in [-0.2, -0.15) is 4.37 Å². The maximum atomic E-state index is 12.8. The van der Waals surface area contributed by atoms with Gasteiger partial charge in [-0.25, -0.2) is 0 Å². The molecule has 1 N–H and O–H groups in total. The van der Waals surface area contributed by atoms with Gasteiger partial charge < -0.3 is 15.0 Å². The van der Waals surface area contributed by atoms with Gasteiger partial charge in [-0.15, -0.1) is 0 Å². The number of carbonyl (C=O) groups excluding carboxylic acids is 1. The van der Waals surface area contributed by atoms with Crippen LogP contribution in [0.25, 0.3) is 0 Å². The predicted molar refractivity (Wildman–Crippen MR) is 84.8 cm³/mol. The van der Waals surface area contributed by atoms with E-state index in [9.17, 15) is 4.79 Å². The zero-order valence-electron chi connectivity index (χ0n) is 12.3. The Hall–Kier alpha value is -2.08. The fourth-order valence-corrected chi connectivity index (χ4v) is 3.38. The van der Waals surface area contributed by atoms with E-state index in [4.69, 9.17) is 4.74 Å². The molecule has 5 nitrogen and oxygen atoms in total. The molecular weight excluding hydrogens is 286 g/mol. The number of carbonyl (C=O) groups is 1. The molecule has 0 unspecified atom stereocenters. The molecule has 110 valence electrons. The summed E-state index contributed by atoms with van der Waals surface area (Å²) >= 11 is 1.32. The first-order chi connectivity index (χ1) is 10.2. The first-order valence-corrected chi connectivity index (χ1v) is 7.56. The number of rotatable bonds is 3. The van der Waals surface area contributed by atoms with E-state index in [1.165, 1.54) is 11.5 Å². The summed E-state index contributed by atoms with van der Waals surface area (Å²) < 4.78 is 9.52. The largest absolute Gasteiger partial charge is 0.497 e. The molecule has 0 radical (unpaired) electrons. The highest BCUT2D eigenvalue weighted by molar-refractivity contribution is 7.10. The quantitative estimate of drug-likeness (QED) is 0.947. The molecule has 0 spiro atoms. The van der Waals surface area contributed by atoms with Crippen LogP contribution in [-0.2, 0) is 6.42 Å². The van der Waals surface area contributed by atoms with Crippen LogP contribution < -0.4 is 15.0 Å². The molecule has 0 bridgehead atoms. The van der Waals surface area contributed by atoms with Crippen molar-refractivity contribution in [3.05, 3.63) is 35.0 Å². The monoisotopic (exact) mass is 303 g/mol. The summed E-state index contributed by atoms with van der Waals surface area (Å²) in [5.74, 6) is 0.835. The molecule has 0 saturated carbocycles. The smallest absolute Gasteiger partial charge is 0.263 e. The zero-order valence-corrected chi connectivity index (χ0v) is 13.1. The normalized spacial score (nSPS) is 13.2. The SMILES string of the molecule is CNc1snc(C)c1C(=O)N1CCc2cc(OC)ccc21. The van der Waals surface area contributed by atoms with Crippen molar-refractivity contribution in [3.8, 4) is 5.75 Å². The summed E-state index contributed by atoms with van der Waals surface area (Å²) in [6.07, 6.45) is 0.851. The molecule has 0 saturated heterocycles. The van der Waals surface area contributed by atoms with Gasteiger partial charge in [0.15, 0.2) is 0 Å². The van der Waals surface area contributed by atoms with E-state index in [0.717, 1.165) is 34.1 Å². The summed E-state index contributed by atoms with van der Waals surface area (Å²) in [6.45, 7) is 2.56. The van der Waals surface area contributed by atoms with E-state index < -0.39 is 0 Å². The van der Waals surface area contributed by atoms with Crippen molar-refractivity contribution in [2.24, 2.45) is 0 Å². The Morgan fingerprint density at radius 3 is 3.00 bits per heavy atom. The first kappa shape index (κ1) is 13.9. The van der Waals surface area contributed by atoms with Crippen molar-refractivity contribution >= 4 is 28.1 Å². The first-order valence-electron chi connectivity index (χ1n) is 6.78. The van der Waals surface area contributed by atoms with E-state index >= 15 is 0 Å². The van der Waals surface area contributed by atoms with E-state index in [2.05, 4.69) is 9.69 Å². The van der Waals surface area contributed by atoms with Crippen LogP contribution in [0.2, 0.25) is 0 Å². The predicted octanol–water partition coefficient (Wildman–Crippen LogP) is 2.70. The summed E-state index contributed by atoms with van der Waals surface area (Å²) in [5, 5.41) is 3.87. The van der Waals surface area contributed by atoms with Crippen molar-refractivity contribution in [2.75, 3.05) is 30.9 Å². The molecule has 6 heteroatoms. The lowest BCUT2D eigenvalue weighted by Crippen LogP contribution is -2.29. The lowest BCUT2D eigenvalue weighted by molar-refractivity contribution is 0.0989. The number of aromatic nitrogens is 1. The number of ether oxygens (including phenoxy) is 1. The number of nitrogens with one attached hydrogen (secondary N) is 1. The number of benzene rings is 1. The molecule has 0 atom stereocenters. The van der Waals surface area contributed by atoms with Crippen LogP contribution in [0, 0.1) is 6.92 Å². The number of hydrogen-bond donors (Lipinski definition) is 1. The van der Waals surface area contributed by atoms with Crippen LogP contribution in [0.15, 0.2) is 18.2 Å². The fourth-order valence-electron chi connectivity index (χ4n) is 2.64. The molecule has 3 rings (SSSR count). The molecule has 2 heterocycles. The molecule has 1 aliphatic heterocycles. The summed E-state index contributed by atoms with van der Waals surface area (Å²) in [4.78, 5) is 14.7. The summed E-state index contributed by atoms with van der Waals surface area (Å²) in [6, 6.07) is 5.84. The molecule has 1 aromatic carbocycles. The number of aryl methyl sites for hydroxylation is 1. The van der Waals surface area contributed by atoms with Gasteiger partial charge in [0.1, 0.15) is 10.8 Å². The zero-order chi connectivity index (χ0) is 15.0. The maximum absolute atomic E-state index is 12.8. The molecular formula is C15H17N3O2S. The van der Waals surface area contributed by atoms with Crippen LogP contribution in [0.3, 0.4) is 0 Å². The van der Waals surface area contributed by atoms with Crippen molar-refractivity contribution in [1.82, 2.24) is 4.37 Å². The minimum atomic E-state index is 0.00881. The molecule has 21 heavy (non-hydrogen) atoms. The number of anilines is 2. The number of nitrogens with zero attached hydrogens (tertiary/aromatic N) is 2. The van der Waals surface area contributed by atoms with Gasteiger partial charge in [0, 0.05) is 19.3 Å². The summed E-state index contributed by atoms with van der Waals surface area (Å²) in [5.41, 5.74) is 3.56. The van der Waals surface area contributed by atoms with Crippen LogP contribution in [-0.4, -0.2) is 31.0 Å². The molecule has 2 aromatic rings. The lowest BCUT2D eigenvalue weighted by Gasteiger charge is -2.18. The van der Waals surface area contributed by atoms with Crippen molar-refractivity contribution < 1.29 is 9.53 Å². The van der Waals surface area contributed by atoms with Crippen LogP contribution in [0.4, 0.5) is 10.7 Å². The van der Waals surface area contributed by atoms with E-state index in [1.807, 2.05) is 37.1 Å². The Bertz CT molecular complexity index is 696. The van der Waals surface area contributed by atoms with E-state index in [0.29, 0.717) is 12.1 Å². The second-order valence-corrected chi connectivity index (χ2v) is 5.70. The van der Waals surface area contributed by atoms with Gasteiger partial charge in [0.2, 0.25) is 0 Å². The fraction of sp³-hybridized carbons (Fsp3) is 0.333. The Kier molecular flexibility index (Phi) is 3.55. The number of hydrogen-bond acceptors (Lipinski definition) is 5. The third-order valence-corrected chi connectivity index (χ3v) is 4.69. The number of amides is 1. The van der Waals surface area contributed by atoms with Crippen molar-refractivity contribution in [1.29, 1.82) is 0 Å². The minimum Gasteiger partial charge on any atom is -0.497 e. The Morgan fingerprint density at radius 2 is 2.29 bits per heavy atom. The minimum absolute atomic E-state index is 0.00881. The molecule has 0 aliphatic carbocycles. The van der Waals surface area contributed by atoms with Gasteiger partial charge in [0.05, 0.1) is 18.4 Å².